The third-order valence-corrected chi connectivity index (χ3v) is 11.0. The zero-order valence-electron chi connectivity index (χ0n) is 41.3. The van der Waals surface area contributed by atoms with Crippen molar-refractivity contribution in [3.63, 3.8) is 0 Å². The van der Waals surface area contributed by atoms with Gasteiger partial charge in [0.1, 0.15) is 47.4 Å². The number of aliphatic hydroxyl groups excluding tert-OH is 1. The number of pyridine rings is 1. The van der Waals surface area contributed by atoms with Gasteiger partial charge in [-0.25, -0.2) is 14.3 Å². The number of imidazole rings is 1. The number of rotatable bonds is 25. The molecule has 0 fully saturated rings. The molecule has 0 radical (unpaired) electrons. The molecular weight excluding hydrogens is 887 g/mol. The lowest BCUT2D eigenvalue weighted by atomic mass is 10.1. The number of ether oxygens (including phenoxy) is 9. The Kier molecular flexibility index (Phi) is 18.1. The smallest absolute Gasteiger partial charge is 0.410 e. The maximum absolute atomic E-state index is 12.5. The fourth-order valence-electron chi connectivity index (χ4n) is 7.37. The Hall–Kier alpha value is -7.05. The lowest BCUT2D eigenvalue weighted by Gasteiger charge is -2.27. The summed E-state index contributed by atoms with van der Waals surface area (Å²) in [5.74, 6) is 3.21. The van der Waals surface area contributed by atoms with Crippen LogP contribution < -0.4 is 38.1 Å². The Morgan fingerprint density at radius 2 is 1.46 bits per heavy atom. The summed E-state index contributed by atoms with van der Waals surface area (Å²) in [5, 5.41) is 17.1. The number of benzene rings is 3. The van der Waals surface area contributed by atoms with Gasteiger partial charge in [-0.2, -0.15) is 9.97 Å². The van der Waals surface area contributed by atoms with Gasteiger partial charge in [-0.05, 0) is 63.1 Å². The van der Waals surface area contributed by atoms with Gasteiger partial charge in [0.15, 0.2) is 11.5 Å². The molecule has 1 amide bonds. The van der Waals surface area contributed by atoms with E-state index in [0.29, 0.717) is 66.1 Å². The number of hydrogen-bond donors (Lipinski definition) is 1. The van der Waals surface area contributed by atoms with E-state index in [2.05, 4.69) is 11.9 Å². The number of likely N-dealkylation sites (N-methyl/N-ethyl adjacent to an activating group) is 1. The molecule has 0 bridgehead atoms. The van der Waals surface area contributed by atoms with Gasteiger partial charge in [-0.3, -0.25) is 0 Å². The predicted molar refractivity (Wildman–Crippen MR) is 259 cm³/mol. The predicted octanol–water partition coefficient (Wildman–Crippen LogP) is 8.25. The van der Waals surface area contributed by atoms with Crippen molar-refractivity contribution in [2.75, 3.05) is 67.3 Å². The number of carbonyl (C=O) groups excluding carboxylic acids is 1. The van der Waals surface area contributed by atoms with Crippen molar-refractivity contribution < 1.29 is 52.5 Å². The first kappa shape index (κ1) is 51.3. The molecule has 3 heterocycles. The van der Waals surface area contributed by atoms with Crippen LogP contribution in [0.2, 0.25) is 0 Å². The zero-order chi connectivity index (χ0) is 49.5. The van der Waals surface area contributed by atoms with Crippen molar-refractivity contribution in [3.8, 4) is 40.8 Å². The van der Waals surface area contributed by atoms with Crippen molar-refractivity contribution >= 4 is 17.6 Å². The Morgan fingerprint density at radius 1 is 0.797 bits per heavy atom. The SMILES string of the molecule is CCCC(CCOCc1ccccc1)Oc1nc(N(Cc2ccc(OC)cc2OC)Cc2ccc(OC)cc2OC)c2ncc(C(O)c3ccc(OCCN(C)C(=O)OC(C)(C)C)nc3OC)n2n1. The molecule has 0 saturated carbocycles. The fraction of sp³-hybridized carbons (Fsp3) is 0.431. The van der Waals surface area contributed by atoms with Crippen LogP contribution in [0.15, 0.2) is 85.1 Å². The van der Waals surface area contributed by atoms with Crippen molar-refractivity contribution in [2.45, 2.75) is 84.5 Å². The highest BCUT2D eigenvalue weighted by Crippen LogP contribution is 2.36. The van der Waals surface area contributed by atoms with Crippen LogP contribution in [-0.4, -0.2) is 115 Å². The molecule has 69 heavy (non-hydrogen) atoms. The molecule has 0 saturated heterocycles. The normalized spacial score (nSPS) is 12.2. The van der Waals surface area contributed by atoms with Crippen LogP contribution in [0.4, 0.5) is 10.6 Å². The minimum absolute atomic E-state index is 0.0593. The van der Waals surface area contributed by atoms with E-state index < -0.39 is 17.8 Å². The molecule has 3 aromatic carbocycles. The van der Waals surface area contributed by atoms with Gasteiger partial charge in [-0.1, -0.05) is 43.7 Å². The molecule has 6 aromatic rings. The van der Waals surface area contributed by atoms with Crippen LogP contribution in [0, 0.1) is 0 Å². The monoisotopic (exact) mass is 951 g/mol. The minimum atomic E-state index is -1.35. The molecule has 18 heteroatoms. The first-order valence-corrected chi connectivity index (χ1v) is 22.8. The summed E-state index contributed by atoms with van der Waals surface area (Å²) in [6.07, 6.45) is 1.52. The van der Waals surface area contributed by atoms with Crippen LogP contribution in [0.3, 0.4) is 0 Å². The van der Waals surface area contributed by atoms with E-state index in [1.54, 1.807) is 74.6 Å². The summed E-state index contributed by atoms with van der Waals surface area (Å²) in [4.78, 5) is 30.4. The molecule has 0 aliphatic rings. The number of carbonyl (C=O) groups is 1. The number of aromatic nitrogens is 5. The second kappa shape index (κ2) is 24.3. The Labute approximate surface area is 404 Å². The van der Waals surface area contributed by atoms with Crippen LogP contribution in [0.1, 0.15) is 81.0 Å². The van der Waals surface area contributed by atoms with Crippen LogP contribution in [-0.2, 0) is 29.2 Å². The van der Waals surface area contributed by atoms with Gasteiger partial charge >= 0.3 is 12.1 Å². The highest BCUT2D eigenvalue weighted by molar-refractivity contribution is 5.68. The van der Waals surface area contributed by atoms with Crippen molar-refractivity contribution in [2.24, 2.45) is 0 Å². The molecule has 18 nitrogen and oxygen atoms in total. The quantitative estimate of drug-likeness (QED) is 0.0541. The molecular formula is C51H65N7O11. The number of hydrogen-bond acceptors (Lipinski definition) is 16. The van der Waals surface area contributed by atoms with Crippen LogP contribution in [0.25, 0.3) is 5.65 Å². The van der Waals surface area contributed by atoms with Gasteiger partial charge < -0.3 is 57.5 Å². The minimum Gasteiger partial charge on any atom is -0.497 e. The number of methoxy groups -OCH3 is 5. The summed E-state index contributed by atoms with van der Waals surface area (Å²) < 4.78 is 54.2. The fourth-order valence-corrected chi connectivity index (χ4v) is 7.37. The average molecular weight is 952 g/mol. The van der Waals surface area contributed by atoms with Crippen LogP contribution in [0.5, 0.6) is 40.8 Å². The van der Waals surface area contributed by atoms with Crippen molar-refractivity contribution in [1.82, 2.24) is 29.5 Å². The molecule has 0 aliphatic carbocycles. The van der Waals surface area contributed by atoms with E-state index in [9.17, 15) is 9.90 Å². The second-order valence-corrected chi connectivity index (χ2v) is 17.1. The molecule has 370 valence electrons. The number of aliphatic hydroxyl groups is 1. The van der Waals surface area contributed by atoms with Crippen molar-refractivity contribution in [1.29, 1.82) is 0 Å². The summed E-state index contributed by atoms with van der Waals surface area (Å²) in [5.41, 5.74) is 3.03. The molecule has 0 aliphatic heterocycles. The first-order chi connectivity index (χ1) is 33.3. The van der Waals surface area contributed by atoms with Gasteiger partial charge in [0.05, 0.1) is 67.2 Å². The third-order valence-electron chi connectivity index (χ3n) is 11.0. The van der Waals surface area contributed by atoms with E-state index in [1.807, 2.05) is 71.6 Å². The highest BCUT2D eigenvalue weighted by atomic mass is 16.6. The maximum Gasteiger partial charge on any atom is 0.410 e. The molecule has 6 rings (SSSR count). The van der Waals surface area contributed by atoms with E-state index in [4.69, 9.17) is 57.7 Å². The summed E-state index contributed by atoms with van der Waals surface area (Å²) in [6.45, 7) is 9.34. The summed E-state index contributed by atoms with van der Waals surface area (Å²) in [6, 6.07) is 24.6. The number of nitrogens with zero attached hydrogens (tertiary/aromatic N) is 7. The number of amides is 1. The lowest BCUT2D eigenvalue weighted by Crippen LogP contribution is -2.36. The average Bonchev–Trinajstić information content (AvgIpc) is 3.78. The standard InChI is InChI=1S/C51H65N7O11/c1-11-15-37(24-26-66-33-34-16-13-12-14-17-34)68-49-54-47(57(31-35-18-20-38(61-6)28-42(35)63-8)32-36-19-21-39(62-7)29-43(36)64-9)46-52-30-41(58(46)55-49)45(59)40-22-23-44(53-48(40)65-10)67-27-25-56(5)50(60)69-51(2,3)4/h12-14,16-23,28-30,37,45,59H,11,15,24-27,31-33H2,1-10H3. The Bertz CT molecular complexity index is 2530. The van der Waals surface area contributed by atoms with E-state index >= 15 is 0 Å². The van der Waals surface area contributed by atoms with Crippen molar-refractivity contribution in [3.05, 3.63) is 113 Å². The number of fused-ring (bicyclic) bond motifs is 1. The van der Waals surface area contributed by atoms with E-state index in [1.165, 1.54) is 16.5 Å². The first-order valence-electron chi connectivity index (χ1n) is 22.8. The summed E-state index contributed by atoms with van der Waals surface area (Å²) in [7, 11) is 9.50. The zero-order valence-corrected chi connectivity index (χ0v) is 41.3. The molecule has 3 aromatic heterocycles. The molecule has 1 N–H and O–H groups in total. The summed E-state index contributed by atoms with van der Waals surface area (Å²) >= 11 is 0. The van der Waals surface area contributed by atoms with Gasteiger partial charge in [0.2, 0.25) is 11.8 Å². The molecule has 0 spiro atoms. The second-order valence-electron chi connectivity index (χ2n) is 17.1. The third kappa shape index (κ3) is 13.8. The Morgan fingerprint density at radius 3 is 2.06 bits per heavy atom. The topological polar surface area (TPSA) is 183 Å². The van der Waals surface area contributed by atoms with E-state index in [0.717, 1.165) is 23.1 Å². The van der Waals surface area contributed by atoms with Gasteiger partial charge in [0.25, 0.3) is 0 Å². The highest BCUT2D eigenvalue weighted by Gasteiger charge is 2.28. The lowest BCUT2D eigenvalue weighted by molar-refractivity contribution is 0.0277. The molecule has 2 unspecified atom stereocenters. The maximum atomic E-state index is 12.5. The number of anilines is 1. The molecule has 2 atom stereocenters. The van der Waals surface area contributed by atoms with Crippen LogP contribution >= 0.6 is 0 Å². The largest absolute Gasteiger partial charge is 0.497 e. The Balaban J connectivity index is 1.40. The van der Waals surface area contributed by atoms with E-state index in [-0.39, 0.29) is 55.8 Å². The van der Waals surface area contributed by atoms with Gasteiger partial charge in [0, 0.05) is 61.4 Å². The van der Waals surface area contributed by atoms with Gasteiger partial charge in [-0.15, -0.1) is 5.10 Å².